The Bertz CT molecular complexity index is 732. The van der Waals surface area contributed by atoms with Gasteiger partial charge < -0.3 is 9.84 Å². The number of ether oxygens (including phenoxy) is 1. The van der Waals surface area contributed by atoms with Crippen LogP contribution in [0.3, 0.4) is 0 Å². The molecule has 1 N–H and O–H groups in total. The van der Waals surface area contributed by atoms with E-state index in [4.69, 9.17) is 9.84 Å². The molecule has 0 radical (unpaired) electrons. The molecule has 4 heteroatoms. The Hall–Kier alpha value is -2.30. The van der Waals surface area contributed by atoms with Crippen LogP contribution < -0.4 is 0 Å². The highest BCUT2D eigenvalue weighted by Crippen LogP contribution is 2.22. The highest BCUT2D eigenvalue weighted by Gasteiger charge is 2.27. The molecule has 0 aliphatic carbocycles. The lowest BCUT2D eigenvalue weighted by Gasteiger charge is -2.20. The molecular formula is C22H26O4. The number of benzene rings is 2. The number of hydrogen-bond acceptors (Lipinski definition) is 4. The predicted octanol–water partition coefficient (Wildman–Crippen LogP) is 3.70. The monoisotopic (exact) mass is 354 g/mol. The highest BCUT2D eigenvalue weighted by atomic mass is 16.5. The van der Waals surface area contributed by atoms with Crippen LogP contribution in [-0.2, 0) is 16.0 Å². The van der Waals surface area contributed by atoms with Crippen molar-refractivity contribution in [2.24, 2.45) is 5.92 Å². The number of carbonyl (C=O) groups is 2. The molecule has 2 aromatic carbocycles. The van der Waals surface area contributed by atoms with Gasteiger partial charge in [0, 0.05) is 19.1 Å². The van der Waals surface area contributed by atoms with E-state index in [2.05, 4.69) is 31.2 Å². The summed E-state index contributed by atoms with van der Waals surface area (Å²) in [6.45, 7) is 3.27. The molecule has 0 bridgehead atoms. The Morgan fingerprint density at radius 3 is 2.00 bits per heavy atom. The second kappa shape index (κ2) is 9.41. The average molecular weight is 354 g/mol. The first-order valence-corrected chi connectivity index (χ1v) is 8.89. The van der Waals surface area contributed by atoms with Crippen molar-refractivity contribution >= 4 is 11.6 Å². The molecule has 0 aromatic heterocycles. The third-order valence-corrected chi connectivity index (χ3v) is 4.82. The number of Topliss-reactive ketones (excluding diaryl/α,β-unsaturated/α-hetero) is 2. The first-order valence-electron chi connectivity index (χ1n) is 8.89. The number of aryl methyl sites for hydroxylation is 1. The summed E-state index contributed by atoms with van der Waals surface area (Å²) >= 11 is 0. The van der Waals surface area contributed by atoms with E-state index in [9.17, 15) is 9.59 Å². The molecule has 2 aromatic rings. The molecule has 138 valence electrons. The molecular weight excluding hydrogens is 328 g/mol. The van der Waals surface area contributed by atoms with Gasteiger partial charge in [0.1, 0.15) is 6.61 Å². The Morgan fingerprint density at radius 1 is 1.00 bits per heavy atom. The summed E-state index contributed by atoms with van der Waals surface area (Å²) in [5.74, 6) is -1.15. The van der Waals surface area contributed by atoms with Crippen molar-refractivity contribution in [2.75, 3.05) is 13.7 Å². The molecule has 0 aliphatic heterocycles. The first kappa shape index (κ1) is 20.0. The number of carbonyl (C=O) groups excluding carboxylic acids is 2. The number of rotatable bonds is 9. The third kappa shape index (κ3) is 4.87. The summed E-state index contributed by atoms with van der Waals surface area (Å²) in [7, 11) is 1.49. The summed E-state index contributed by atoms with van der Waals surface area (Å²) in [4.78, 5) is 24.4. The summed E-state index contributed by atoms with van der Waals surface area (Å²) in [6.07, 6.45) is 0.607. The van der Waals surface area contributed by atoms with Crippen LogP contribution in [0.4, 0.5) is 0 Å². The molecule has 2 atom stereocenters. The van der Waals surface area contributed by atoms with Gasteiger partial charge in [0.05, 0.1) is 12.0 Å². The molecule has 0 saturated heterocycles. The molecule has 0 aliphatic rings. The number of aliphatic hydroxyl groups is 1. The van der Waals surface area contributed by atoms with Crippen LogP contribution in [0, 0.1) is 5.92 Å². The van der Waals surface area contributed by atoms with Gasteiger partial charge in [-0.05, 0) is 30.0 Å². The lowest BCUT2D eigenvalue weighted by Crippen LogP contribution is -2.31. The Balaban J connectivity index is 2.13. The maximum absolute atomic E-state index is 12.5. The summed E-state index contributed by atoms with van der Waals surface area (Å²) in [5, 5.41) is 9.12. The van der Waals surface area contributed by atoms with Gasteiger partial charge in [-0.2, -0.15) is 0 Å². The van der Waals surface area contributed by atoms with Crippen LogP contribution >= 0.6 is 0 Å². The van der Waals surface area contributed by atoms with Crippen molar-refractivity contribution in [3.8, 4) is 11.1 Å². The summed E-state index contributed by atoms with van der Waals surface area (Å²) in [5.41, 5.74) is 3.98. The van der Waals surface area contributed by atoms with Gasteiger partial charge >= 0.3 is 0 Å². The molecule has 26 heavy (non-hydrogen) atoms. The van der Waals surface area contributed by atoms with E-state index in [-0.39, 0.29) is 18.0 Å². The number of hydrogen-bond donors (Lipinski definition) is 1. The van der Waals surface area contributed by atoms with Crippen LogP contribution in [-0.4, -0.2) is 36.5 Å². The van der Waals surface area contributed by atoms with Crippen LogP contribution in [0.25, 0.3) is 11.1 Å². The van der Waals surface area contributed by atoms with Crippen molar-refractivity contribution < 1.29 is 19.4 Å². The molecule has 4 nitrogen and oxygen atoms in total. The maximum Gasteiger partial charge on any atom is 0.164 e. The van der Waals surface area contributed by atoms with Crippen molar-refractivity contribution in [2.45, 2.75) is 32.8 Å². The molecule has 2 unspecified atom stereocenters. The van der Waals surface area contributed by atoms with Gasteiger partial charge in [0.2, 0.25) is 0 Å². The van der Waals surface area contributed by atoms with Crippen LogP contribution in [0.5, 0.6) is 0 Å². The van der Waals surface area contributed by atoms with Crippen molar-refractivity contribution in [1.82, 2.24) is 0 Å². The first-order chi connectivity index (χ1) is 12.5. The fourth-order valence-corrected chi connectivity index (χ4v) is 2.92. The zero-order chi connectivity index (χ0) is 19.1. The maximum atomic E-state index is 12.5. The SMILES string of the molecule is CCc1ccc(-c2ccc(C(=O)CC(C(=O)CO)C(C)OC)cc2)cc1. The number of aliphatic hydroxyl groups excluding tert-OH is 1. The van der Waals surface area contributed by atoms with Gasteiger partial charge in [-0.15, -0.1) is 0 Å². The summed E-state index contributed by atoms with van der Waals surface area (Å²) in [6, 6.07) is 15.7. The average Bonchev–Trinajstić information content (AvgIpc) is 2.70. The Kier molecular flexibility index (Phi) is 7.25. The Labute approximate surface area is 154 Å². The van der Waals surface area contributed by atoms with E-state index in [1.807, 2.05) is 12.1 Å². The quantitative estimate of drug-likeness (QED) is 0.698. The van der Waals surface area contributed by atoms with Crippen molar-refractivity contribution in [3.05, 3.63) is 59.7 Å². The molecule has 0 saturated carbocycles. The second-order valence-corrected chi connectivity index (χ2v) is 6.43. The van der Waals surface area contributed by atoms with Crippen LogP contribution in [0.2, 0.25) is 0 Å². The van der Waals surface area contributed by atoms with E-state index in [1.54, 1.807) is 19.1 Å². The fourth-order valence-electron chi connectivity index (χ4n) is 2.92. The summed E-state index contributed by atoms with van der Waals surface area (Å²) < 4.78 is 5.18. The van der Waals surface area contributed by atoms with E-state index in [0.717, 1.165) is 17.5 Å². The van der Waals surface area contributed by atoms with Gasteiger partial charge in [-0.1, -0.05) is 55.5 Å². The molecule has 0 spiro atoms. The molecule has 0 fully saturated rings. The second-order valence-electron chi connectivity index (χ2n) is 6.43. The molecule has 0 heterocycles. The number of ketones is 2. The largest absolute Gasteiger partial charge is 0.389 e. The Morgan fingerprint density at radius 2 is 1.54 bits per heavy atom. The zero-order valence-corrected chi connectivity index (χ0v) is 15.6. The van der Waals surface area contributed by atoms with Gasteiger partial charge in [0.15, 0.2) is 11.6 Å². The van der Waals surface area contributed by atoms with E-state index in [0.29, 0.717) is 5.56 Å². The normalized spacial score (nSPS) is 13.2. The van der Waals surface area contributed by atoms with Crippen molar-refractivity contribution in [1.29, 1.82) is 0 Å². The highest BCUT2D eigenvalue weighted by molar-refractivity contribution is 5.99. The van der Waals surface area contributed by atoms with Crippen LogP contribution in [0.1, 0.15) is 36.2 Å². The van der Waals surface area contributed by atoms with E-state index >= 15 is 0 Å². The standard InChI is InChI=1S/C22H26O4/c1-4-16-5-7-17(8-6-16)18-9-11-19(12-10-18)21(24)13-20(15(2)26-3)22(25)14-23/h5-12,15,20,23H,4,13-14H2,1-3H3. The minimum atomic E-state index is -0.640. The fraction of sp³-hybridized carbons (Fsp3) is 0.364. The lowest BCUT2D eigenvalue weighted by molar-refractivity contribution is -0.129. The molecule has 0 amide bonds. The van der Waals surface area contributed by atoms with Crippen molar-refractivity contribution in [3.63, 3.8) is 0 Å². The van der Waals surface area contributed by atoms with Gasteiger partial charge in [-0.3, -0.25) is 9.59 Å². The predicted molar refractivity (Wildman–Crippen MR) is 102 cm³/mol. The van der Waals surface area contributed by atoms with Crippen LogP contribution in [0.15, 0.2) is 48.5 Å². The minimum Gasteiger partial charge on any atom is -0.389 e. The van der Waals surface area contributed by atoms with E-state index < -0.39 is 18.6 Å². The van der Waals surface area contributed by atoms with Gasteiger partial charge in [0.25, 0.3) is 0 Å². The van der Waals surface area contributed by atoms with Gasteiger partial charge in [-0.25, -0.2) is 0 Å². The smallest absolute Gasteiger partial charge is 0.164 e. The molecule has 2 rings (SSSR count). The minimum absolute atomic E-state index is 0.0267. The lowest BCUT2D eigenvalue weighted by atomic mass is 9.90. The topological polar surface area (TPSA) is 63.6 Å². The van der Waals surface area contributed by atoms with E-state index in [1.165, 1.54) is 12.7 Å². The third-order valence-electron chi connectivity index (χ3n) is 4.82. The number of methoxy groups -OCH3 is 1. The zero-order valence-electron chi connectivity index (χ0n) is 15.6.